The summed E-state index contributed by atoms with van der Waals surface area (Å²) in [6.45, 7) is 4.95. The van der Waals surface area contributed by atoms with E-state index in [-0.39, 0.29) is 0 Å². The fourth-order valence-corrected chi connectivity index (χ4v) is 0.979. The summed E-state index contributed by atoms with van der Waals surface area (Å²) in [4.78, 5) is 0. The molecule has 9 heavy (non-hydrogen) atoms. The van der Waals surface area contributed by atoms with E-state index < -0.39 is 0 Å². The maximum atomic E-state index is 5.79. The Morgan fingerprint density at radius 2 is 2.22 bits per heavy atom. The molecule has 0 saturated heterocycles. The van der Waals surface area contributed by atoms with Crippen LogP contribution in [0.1, 0.15) is 13.8 Å². The van der Waals surface area contributed by atoms with Crippen LogP contribution in [0.2, 0.25) is 0 Å². The van der Waals surface area contributed by atoms with E-state index in [4.69, 9.17) is 11.6 Å². The predicted molar refractivity (Wildman–Crippen MR) is 40.3 cm³/mol. The van der Waals surface area contributed by atoms with Crippen molar-refractivity contribution in [3.05, 3.63) is 22.4 Å². The second kappa shape index (κ2) is 2.44. The van der Waals surface area contributed by atoms with Gasteiger partial charge in [-0.25, -0.2) is 0 Å². The van der Waals surface area contributed by atoms with Crippen molar-refractivity contribution in [2.45, 2.75) is 13.8 Å². The molecular formula is C7H10ClN. The van der Waals surface area contributed by atoms with E-state index in [1.54, 1.807) is 0 Å². The lowest BCUT2D eigenvalue weighted by molar-refractivity contribution is 0.913. The Morgan fingerprint density at radius 3 is 2.67 bits per heavy atom. The Balaban J connectivity index is 2.88. The average molecular weight is 144 g/mol. The Kier molecular flexibility index (Phi) is 1.81. The Bertz CT molecular complexity index is 179. The summed E-state index contributed by atoms with van der Waals surface area (Å²) in [5.41, 5.74) is 2.43. The molecule has 0 saturated carbocycles. The second-order valence-electron chi connectivity index (χ2n) is 2.21. The van der Waals surface area contributed by atoms with Crippen LogP contribution in [0.5, 0.6) is 0 Å². The lowest BCUT2D eigenvalue weighted by Gasteiger charge is -2.13. The number of hydrogen-bond donors (Lipinski definition) is 1. The van der Waals surface area contributed by atoms with Gasteiger partial charge >= 0.3 is 0 Å². The van der Waals surface area contributed by atoms with E-state index in [0.717, 1.165) is 17.3 Å². The van der Waals surface area contributed by atoms with E-state index in [1.165, 1.54) is 5.57 Å². The van der Waals surface area contributed by atoms with Gasteiger partial charge in [-0.3, -0.25) is 0 Å². The van der Waals surface area contributed by atoms with Crippen LogP contribution in [0.25, 0.3) is 0 Å². The molecule has 2 heteroatoms. The summed E-state index contributed by atoms with van der Waals surface area (Å²) in [6.07, 6.45) is 2.13. The lowest BCUT2D eigenvalue weighted by Crippen LogP contribution is -2.15. The van der Waals surface area contributed by atoms with E-state index in [1.807, 2.05) is 6.92 Å². The van der Waals surface area contributed by atoms with Crippen molar-refractivity contribution >= 4 is 11.6 Å². The van der Waals surface area contributed by atoms with Crippen molar-refractivity contribution in [3.8, 4) is 0 Å². The molecule has 1 N–H and O–H groups in total. The van der Waals surface area contributed by atoms with Crippen LogP contribution < -0.4 is 5.32 Å². The van der Waals surface area contributed by atoms with Crippen molar-refractivity contribution in [1.29, 1.82) is 0 Å². The van der Waals surface area contributed by atoms with Gasteiger partial charge in [0.25, 0.3) is 0 Å². The third-order valence-corrected chi connectivity index (χ3v) is 2.00. The first kappa shape index (κ1) is 6.69. The summed E-state index contributed by atoms with van der Waals surface area (Å²) < 4.78 is 0. The number of halogens is 1. The van der Waals surface area contributed by atoms with Crippen molar-refractivity contribution in [2.24, 2.45) is 0 Å². The normalized spacial score (nSPS) is 19.2. The summed E-state index contributed by atoms with van der Waals surface area (Å²) in [5, 5.41) is 3.82. The van der Waals surface area contributed by atoms with Gasteiger partial charge < -0.3 is 5.32 Å². The average Bonchev–Trinajstić information content (AvgIpc) is 1.83. The molecule has 1 aliphatic rings. The quantitative estimate of drug-likeness (QED) is 0.512. The summed E-state index contributed by atoms with van der Waals surface area (Å²) in [7, 11) is 0. The molecule has 0 bridgehead atoms. The molecule has 0 spiro atoms. The molecule has 0 fully saturated rings. The fourth-order valence-electron chi connectivity index (χ4n) is 0.753. The molecule has 0 aromatic carbocycles. The van der Waals surface area contributed by atoms with Crippen LogP contribution in [0.3, 0.4) is 0 Å². The van der Waals surface area contributed by atoms with Gasteiger partial charge in [-0.1, -0.05) is 17.7 Å². The van der Waals surface area contributed by atoms with Crippen molar-refractivity contribution < 1.29 is 0 Å². The highest BCUT2D eigenvalue weighted by atomic mass is 35.5. The monoisotopic (exact) mass is 143 g/mol. The van der Waals surface area contributed by atoms with Gasteiger partial charge in [0.2, 0.25) is 0 Å². The van der Waals surface area contributed by atoms with Crippen LogP contribution in [-0.4, -0.2) is 6.54 Å². The minimum atomic E-state index is 0.787. The Morgan fingerprint density at radius 1 is 1.56 bits per heavy atom. The standard InChI is InChI=1S/C7H10ClN/c1-5-3-4-9-7(8)6(5)2/h3,9H,4H2,1-2H3. The largest absolute Gasteiger partial charge is 0.372 e. The molecule has 0 amide bonds. The summed E-state index contributed by atoms with van der Waals surface area (Å²) >= 11 is 5.79. The van der Waals surface area contributed by atoms with Crippen molar-refractivity contribution in [2.75, 3.05) is 6.54 Å². The fraction of sp³-hybridized carbons (Fsp3) is 0.429. The van der Waals surface area contributed by atoms with Gasteiger partial charge in [0, 0.05) is 6.54 Å². The second-order valence-corrected chi connectivity index (χ2v) is 2.58. The zero-order chi connectivity index (χ0) is 6.85. The molecule has 0 atom stereocenters. The molecule has 1 aliphatic heterocycles. The number of nitrogens with one attached hydrogen (secondary N) is 1. The molecule has 0 aromatic rings. The molecule has 0 aromatic heterocycles. The first-order valence-corrected chi connectivity index (χ1v) is 3.37. The molecular weight excluding hydrogens is 134 g/mol. The minimum absolute atomic E-state index is 0.787. The maximum absolute atomic E-state index is 5.79. The highest BCUT2D eigenvalue weighted by Crippen LogP contribution is 2.17. The van der Waals surface area contributed by atoms with E-state index in [9.17, 15) is 0 Å². The summed E-state index contributed by atoms with van der Waals surface area (Å²) in [5.74, 6) is 0. The number of dihydropyridines is 1. The van der Waals surface area contributed by atoms with Gasteiger partial charge in [-0.05, 0) is 25.0 Å². The molecule has 50 valence electrons. The Hall–Kier alpha value is -0.430. The highest BCUT2D eigenvalue weighted by Gasteiger charge is 2.04. The third-order valence-electron chi connectivity index (χ3n) is 1.59. The van der Waals surface area contributed by atoms with E-state index in [2.05, 4.69) is 18.3 Å². The van der Waals surface area contributed by atoms with Crippen LogP contribution in [0.15, 0.2) is 22.4 Å². The SMILES string of the molecule is CC1=CCNC(Cl)=C1C. The van der Waals surface area contributed by atoms with Crippen LogP contribution in [0, 0.1) is 0 Å². The zero-order valence-corrected chi connectivity index (χ0v) is 6.42. The van der Waals surface area contributed by atoms with Gasteiger partial charge in [-0.2, -0.15) is 0 Å². The first-order valence-electron chi connectivity index (χ1n) is 2.99. The summed E-state index contributed by atoms with van der Waals surface area (Å²) in [6, 6.07) is 0. The van der Waals surface area contributed by atoms with Crippen molar-refractivity contribution in [1.82, 2.24) is 5.32 Å². The van der Waals surface area contributed by atoms with Crippen LogP contribution >= 0.6 is 11.6 Å². The molecule has 0 radical (unpaired) electrons. The van der Waals surface area contributed by atoms with Gasteiger partial charge in [0.05, 0.1) is 0 Å². The van der Waals surface area contributed by atoms with Gasteiger partial charge in [0.15, 0.2) is 0 Å². The first-order chi connectivity index (χ1) is 4.22. The third kappa shape index (κ3) is 1.28. The minimum Gasteiger partial charge on any atom is -0.372 e. The molecule has 1 heterocycles. The van der Waals surface area contributed by atoms with E-state index in [0.29, 0.717) is 0 Å². The van der Waals surface area contributed by atoms with E-state index >= 15 is 0 Å². The van der Waals surface area contributed by atoms with Crippen LogP contribution in [0.4, 0.5) is 0 Å². The number of rotatable bonds is 0. The molecule has 1 rings (SSSR count). The molecule has 1 nitrogen and oxygen atoms in total. The smallest absolute Gasteiger partial charge is 0.105 e. The zero-order valence-electron chi connectivity index (χ0n) is 5.66. The van der Waals surface area contributed by atoms with Gasteiger partial charge in [-0.15, -0.1) is 0 Å². The molecule has 0 aliphatic carbocycles. The lowest BCUT2D eigenvalue weighted by atomic mass is 10.1. The predicted octanol–water partition coefficient (Wildman–Crippen LogP) is 2.01. The van der Waals surface area contributed by atoms with Crippen LogP contribution in [-0.2, 0) is 0 Å². The number of hydrogen-bond acceptors (Lipinski definition) is 1. The maximum Gasteiger partial charge on any atom is 0.105 e. The number of allylic oxidation sites excluding steroid dienone is 2. The van der Waals surface area contributed by atoms with Crippen molar-refractivity contribution in [3.63, 3.8) is 0 Å². The topological polar surface area (TPSA) is 12.0 Å². The molecule has 0 unspecified atom stereocenters. The van der Waals surface area contributed by atoms with Gasteiger partial charge in [0.1, 0.15) is 5.16 Å². The highest BCUT2D eigenvalue weighted by molar-refractivity contribution is 6.29. The Labute approximate surface area is 60.4 Å².